The van der Waals surface area contributed by atoms with Crippen molar-refractivity contribution in [2.24, 2.45) is 13.0 Å². The summed E-state index contributed by atoms with van der Waals surface area (Å²) < 4.78 is 6.78. The Balaban J connectivity index is 2.40. The Morgan fingerprint density at radius 2 is 2.30 bits per heavy atom. The monoisotopic (exact) mass is 279 g/mol. The maximum Gasteiger partial charge on any atom is 0.311 e. The van der Waals surface area contributed by atoms with Gasteiger partial charge in [-0.3, -0.25) is 9.59 Å². The van der Waals surface area contributed by atoms with E-state index in [1.165, 1.54) is 7.11 Å². The lowest BCUT2D eigenvalue weighted by Crippen LogP contribution is -2.46. The molecule has 0 aromatic carbocycles. The Bertz CT molecular complexity index is 488. The zero-order valence-corrected chi connectivity index (χ0v) is 12.2. The van der Waals surface area contributed by atoms with E-state index in [1.807, 2.05) is 18.5 Å². The van der Waals surface area contributed by atoms with Gasteiger partial charge in [-0.05, 0) is 12.8 Å². The minimum Gasteiger partial charge on any atom is -0.469 e. The highest BCUT2D eigenvalue weighted by Crippen LogP contribution is 2.37. The van der Waals surface area contributed by atoms with Crippen molar-refractivity contribution in [2.45, 2.75) is 32.2 Å². The van der Waals surface area contributed by atoms with Crippen molar-refractivity contribution < 1.29 is 14.3 Å². The molecule has 1 aliphatic heterocycles. The molecule has 2 atom stereocenters. The number of carbonyl (C=O) groups excluding carboxylic acids is 2. The van der Waals surface area contributed by atoms with Gasteiger partial charge in [0.1, 0.15) is 0 Å². The van der Waals surface area contributed by atoms with E-state index < -0.39 is 0 Å². The lowest BCUT2D eigenvalue weighted by molar-refractivity contribution is -0.155. The van der Waals surface area contributed by atoms with Crippen LogP contribution in [-0.4, -0.2) is 40.0 Å². The second-order valence-electron chi connectivity index (χ2n) is 5.13. The third-order valence-electron chi connectivity index (χ3n) is 3.83. The molecule has 2 rings (SSSR count). The average Bonchev–Trinajstić information content (AvgIpc) is 2.86. The van der Waals surface area contributed by atoms with Gasteiger partial charge in [-0.1, -0.05) is 6.92 Å². The number of hydrogen-bond acceptors (Lipinski definition) is 4. The molecular formula is C14H21N3O3. The Morgan fingerprint density at radius 3 is 2.85 bits per heavy atom. The fraction of sp³-hybridized carbons (Fsp3) is 0.643. The number of imidazole rings is 1. The van der Waals surface area contributed by atoms with Crippen molar-refractivity contribution in [3.63, 3.8) is 0 Å². The first kappa shape index (κ1) is 14.6. The molecule has 2 heterocycles. The van der Waals surface area contributed by atoms with E-state index in [9.17, 15) is 9.59 Å². The summed E-state index contributed by atoms with van der Waals surface area (Å²) in [6.45, 7) is 2.66. The third-order valence-corrected chi connectivity index (χ3v) is 3.83. The first-order valence-electron chi connectivity index (χ1n) is 6.93. The Labute approximate surface area is 118 Å². The van der Waals surface area contributed by atoms with Crippen molar-refractivity contribution in [1.29, 1.82) is 0 Å². The minimum absolute atomic E-state index is 0.0956. The van der Waals surface area contributed by atoms with E-state index in [2.05, 4.69) is 4.98 Å². The van der Waals surface area contributed by atoms with Crippen molar-refractivity contribution in [3.8, 4) is 0 Å². The zero-order chi connectivity index (χ0) is 14.7. The number of hydrogen-bond donors (Lipinski definition) is 0. The molecule has 1 amide bonds. The van der Waals surface area contributed by atoms with Gasteiger partial charge in [-0.2, -0.15) is 0 Å². The number of amides is 1. The first-order valence-corrected chi connectivity index (χ1v) is 6.93. The number of aromatic nitrogens is 2. The fourth-order valence-electron chi connectivity index (χ4n) is 2.87. The van der Waals surface area contributed by atoms with Gasteiger partial charge in [0, 0.05) is 20.0 Å². The number of ether oxygens (including phenoxy) is 1. The summed E-state index contributed by atoms with van der Waals surface area (Å²) >= 11 is 0. The van der Waals surface area contributed by atoms with Crippen LogP contribution >= 0.6 is 0 Å². The van der Waals surface area contributed by atoms with Crippen molar-refractivity contribution in [3.05, 3.63) is 18.2 Å². The molecule has 0 radical (unpaired) electrons. The highest BCUT2D eigenvalue weighted by Gasteiger charge is 2.42. The van der Waals surface area contributed by atoms with Crippen LogP contribution in [0.1, 0.15) is 37.9 Å². The number of rotatable bonds is 4. The zero-order valence-electron chi connectivity index (χ0n) is 12.2. The van der Waals surface area contributed by atoms with Gasteiger partial charge >= 0.3 is 5.97 Å². The van der Waals surface area contributed by atoms with Crippen LogP contribution in [0.2, 0.25) is 0 Å². The molecule has 0 bridgehead atoms. The summed E-state index contributed by atoms with van der Waals surface area (Å²) in [4.78, 5) is 30.2. The smallest absolute Gasteiger partial charge is 0.311 e. The Morgan fingerprint density at radius 1 is 1.55 bits per heavy atom. The van der Waals surface area contributed by atoms with Gasteiger partial charge in [-0.25, -0.2) is 4.98 Å². The number of esters is 1. The van der Waals surface area contributed by atoms with Crippen LogP contribution in [0.15, 0.2) is 12.5 Å². The largest absolute Gasteiger partial charge is 0.469 e. The Hall–Kier alpha value is -1.85. The minimum atomic E-state index is -0.320. The number of carbonyl (C=O) groups is 2. The maximum atomic E-state index is 12.2. The molecule has 1 aromatic heterocycles. The summed E-state index contributed by atoms with van der Waals surface area (Å²) in [5, 5.41) is 0. The second kappa shape index (κ2) is 6.07. The van der Waals surface area contributed by atoms with Gasteiger partial charge in [-0.15, -0.1) is 0 Å². The van der Waals surface area contributed by atoms with E-state index in [0.29, 0.717) is 19.4 Å². The normalized spacial score (nSPS) is 22.9. The number of piperidine rings is 1. The number of aryl methyl sites for hydroxylation is 1. The molecule has 6 nitrogen and oxygen atoms in total. The molecular weight excluding hydrogens is 258 g/mol. The molecule has 1 aromatic rings. The maximum absolute atomic E-state index is 12.2. The van der Waals surface area contributed by atoms with Crippen molar-refractivity contribution >= 4 is 11.9 Å². The van der Waals surface area contributed by atoms with Crippen LogP contribution in [0, 0.1) is 5.92 Å². The summed E-state index contributed by atoms with van der Waals surface area (Å²) in [6.07, 6.45) is 5.19. The van der Waals surface area contributed by atoms with E-state index >= 15 is 0 Å². The SMILES string of the molecule is CCCN1C(=O)CC[C@H](C(=O)OC)[C@H]1c1cncn1C. The molecule has 0 N–H and O–H groups in total. The van der Waals surface area contributed by atoms with Crippen LogP contribution in [0.25, 0.3) is 0 Å². The molecule has 1 fully saturated rings. The highest BCUT2D eigenvalue weighted by atomic mass is 16.5. The average molecular weight is 279 g/mol. The van der Waals surface area contributed by atoms with Gasteiger partial charge in [0.05, 0.1) is 37.3 Å². The Kier molecular flexibility index (Phi) is 4.42. The topological polar surface area (TPSA) is 64.4 Å². The number of nitrogens with zero attached hydrogens (tertiary/aromatic N) is 3. The standard InChI is InChI=1S/C14H21N3O3/c1-4-7-17-12(18)6-5-10(14(19)20-3)13(17)11-8-15-9-16(11)2/h8-10,13H,4-7H2,1-3H3/t10-,13-/m0/s1. The second-order valence-corrected chi connectivity index (χ2v) is 5.13. The summed E-state index contributed by atoms with van der Waals surface area (Å²) in [5.41, 5.74) is 0.877. The van der Waals surface area contributed by atoms with Crippen molar-refractivity contribution in [1.82, 2.24) is 14.5 Å². The molecule has 110 valence electrons. The predicted octanol–water partition coefficient (Wildman–Crippen LogP) is 1.28. The third kappa shape index (κ3) is 2.55. The quantitative estimate of drug-likeness (QED) is 0.779. The lowest BCUT2D eigenvalue weighted by atomic mass is 9.86. The number of methoxy groups -OCH3 is 1. The molecule has 1 aliphatic rings. The summed E-state index contributed by atoms with van der Waals surface area (Å²) in [5.74, 6) is -0.484. The van der Waals surface area contributed by atoms with Gasteiger partial charge in [0.15, 0.2) is 0 Å². The molecule has 1 saturated heterocycles. The fourth-order valence-corrected chi connectivity index (χ4v) is 2.87. The van der Waals surface area contributed by atoms with Gasteiger partial charge in [0.25, 0.3) is 0 Å². The molecule has 0 unspecified atom stereocenters. The van der Waals surface area contributed by atoms with Gasteiger partial charge < -0.3 is 14.2 Å². The first-order chi connectivity index (χ1) is 9.60. The van der Waals surface area contributed by atoms with E-state index in [-0.39, 0.29) is 23.8 Å². The molecule has 20 heavy (non-hydrogen) atoms. The van der Waals surface area contributed by atoms with E-state index in [0.717, 1.165) is 12.1 Å². The van der Waals surface area contributed by atoms with Crippen LogP contribution in [0.4, 0.5) is 0 Å². The highest BCUT2D eigenvalue weighted by molar-refractivity contribution is 5.82. The predicted molar refractivity (Wildman–Crippen MR) is 72.7 cm³/mol. The number of likely N-dealkylation sites (tertiary alicyclic amines) is 1. The molecule has 0 saturated carbocycles. The summed E-state index contributed by atoms with van der Waals surface area (Å²) in [6, 6.07) is -0.281. The van der Waals surface area contributed by atoms with Crippen LogP contribution < -0.4 is 0 Å². The molecule has 6 heteroatoms. The molecule has 0 aliphatic carbocycles. The lowest BCUT2D eigenvalue weighted by Gasteiger charge is -2.39. The molecule has 0 spiro atoms. The van der Waals surface area contributed by atoms with Crippen LogP contribution in [0.3, 0.4) is 0 Å². The summed E-state index contributed by atoms with van der Waals surface area (Å²) in [7, 11) is 3.27. The van der Waals surface area contributed by atoms with Crippen LogP contribution in [-0.2, 0) is 21.4 Å². The van der Waals surface area contributed by atoms with Crippen molar-refractivity contribution in [2.75, 3.05) is 13.7 Å². The van der Waals surface area contributed by atoms with Gasteiger partial charge in [0.2, 0.25) is 5.91 Å². The van der Waals surface area contributed by atoms with E-state index in [1.54, 1.807) is 17.4 Å². The van der Waals surface area contributed by atoms with Crippen LogP contribution in [0.5, 0.6) is 0 Å². The van der Waals surface area contributed by atoms with E-state index in [4.69, 9.17) is 4.74 Å².